The molecule has 0 aromatic carbocycles. The summed E-state index contributed by atoms with van der Waals surface area (Å²) in [5.41, 5.74) is 5.50. The van der Waals surface area contributed by atoms with Gasteiger partial charge in [0.2, 0.25) is 5.91 Å². The summed E-state index contributed by atoms with van der Waals surface area (Å²) in [5.74, 6) is 0.0132. The zero-order valence-corrected chi connectivity index (χ0v) is 8.55. The van der Waals surface area contributed by atoms with E-state index in [1.54, 1.807) is 11.9 Å². The van der Waals surface area contributed by atoms with Gasteiger partial charge in [0.25, 0.3) is 0 Å². The first-order valence-corrected chi connectivity index (χ1v) is 4.31. The molecule has 0 unspecified atom stereocenters. The van der Waals surface area contributed by atoms with E-state index in [-0.39, 0.29) is 17.9 Å². The number of hydrogen-bond donors (Lipinski definition) is 1. The largest absolute Gasteiger partial charge is 0.345 e. The van der Waals surface area contributed by atoms with Gasteiger partial charge in [0.1, 0.15) is 0 Å². The van der Waals surface area contributed by atoms with Gasteiger partial charge in [-0.25, -0.2) is 0 Å². The van der Waals surface area contributed by atoms with E-state index in [9.17, 15) is 4.79 Å². The first-order valence-electron chi connectivity index (χ1n) is 4.31. The lowest BCUT2D eigenvalue weighted by Gasteiger charge is -2.23. The van der Waals surface area contributed by atoms with E-state index in [1.807, 2.05) is 0 Å². The monoisotopic (exact) mass is 172 g/mol. The summed E-state index contributed by atoms with van der Waals surface area (Å²) >= 11 is 0. The van der Waals surface area contributed by atoms with E-state index in [4.69, 9.17) is 5.73 Å². The van der Waals surface area contributed by atoms with Crippen LogP contribution in [-0.4, -0.2) is 30.9 Å². The van der Waals surface area contributed by atoms with Crippen LogP contribution in [0, 0.1) is 5.41 Å². The Morgan fingerprint density at radius 2 is 1.92 bits per heavy atom. The molecule has 0 aliphatic heterocycles. The highest BCUT2D eigenvalue weighted by atomic mass is 16.2. The van der Waals surface area contributed by atoms with Crippen LogP contribution in [0.1, 0.15) is 27.2 Å². The van der Waals surface area contributed by atoms with Gasteiger partial charge in [-0.3, -0.25) is 4.79 Å². The van der Waals surface area contributed by atoms with Crippen molar-refractivity contribution in [1.29, 1.82) is 0 Å². The molecule has 0 fully saturated rings. The molecule has 0 aromatic heterocycles. The highest BCUT2D eigenvalue weighted by Gasteiger charge is 2.13. The van der Waals surface area contributed by atoms with Gasteiger partial charge in [-0.05, 0) is 11.8 Å². The van der Waals surface area contributed by atoms with Crippen molar-refractivity contribution in [2.75, 3.05) is 20.1 Å². The maximum atomic E-state index is 11.0. The maximum Gasteiger partial charge on any atom is 0.236 e. The third-order valence-electron chi connectivity index (χ3n) is 1.80. The molecule has 0 aliphatic rings. The summed E-state index contributed by atoms with van der Waals surface area (Å²) in [6.07, 6.45) is 1.01. The van der Waals surface area contributed by atoms with Crippen molar-refractivity contribution in [2.45, 2.75) is 27.2 Å². The number of likely N-dealkylation sites (N-methyl/N-ethyl adjacent to an activating group) is 1. The first kappa shape index (κ1) is 11.4. The van der Waals surface area contributed by atoms with Gasteiger partial charge in [0, 0.05) is 13.6 Å². The van der Waals surface area contributed by atoms with E-state index >= 15 is 0 Å². The quantitative estimate of drug-likeness (QED) is 0.685. The van der Waals surface area contributed by atoms with Gasteiger partial charge >= 0.3 is 0 Å². The van der Waals surface area contributed by atoms with Crippen molar-refractivity contribution in [2.24, 2.45) is 11.1 Å². The van der Waals surface area contributed by atoms with Crippen molar-refractivity contribution >= 4 is 5.91 Å². The van der Waals surface area contributed by atoms with Crippen LogP contribution in [0.4, 0.5) is 0 Å². The van der Waals surface area contributed by atoms with E-state index in [1.165, 1.54) is 0 Å². The number of carbonyl (C=O) groups is 1. The number of nitrogens with two attached hydrogens (primary N) is 1. The SMILES string of the molecule is CN(CCC(C)(C)C)C(=O)CN. The average molecular weight is 172 g/mol. The Hall–Kier alpha value is -0.570. The highest BCUT2D eigenvalue weighted by Crippen LogP contribution is 2.18. The summed E-state index contributed by atoms with van der Waals surface area (Å²) in [5, 5.41) is 0. The Morgan fingerprint density at radius 1 is 1.42 bits per heavy atom. The third kappa shape index (κ3) is 5.13. The molecule has 0 saturated heterocycles. The lowest BCUT2D eigenvalue weighted by Crippen LogP contribution is -2.34. The van der Waals surface area contributed by atoms with Gasteiger partial charge in [0.15, 0.2) is 0 Å². The van der Waals surface area contributed by atoms with E-state index in [2.05, 4.69) is 20.8 Å². The molecule has 0 radical (unpaired) electrons. The van der Waals surface area contributed by atoms with Crippen LogP contribution in [0.3, 0.4) is 0 Å². The van der Waals surface area contributed by atoms with Crippen LogP contribution < -0.4 is 5.73 Å². The summed E-state index contributed by atoms with van der Waals surface area (Å²) in [6, 6.07) is 0. The van der Waals surface area contributed by atoms with E-state index in [0.717, 1.165) is 13.0 Å². The molecule has 72 valence electrons. The number of carbonyl (C=O) groups excluding carboxylic acids is 1. The fraction of sp³-hybridized carbons (Fsp3) is 0.889. The Kier molecular flexibility index (Phi) is 4.24. The molecule has 2 N–H and O–H groups in total. The summed E-state index contributed by atoms with van der Waals surface area (Å²) in [7, 11) is 1.79. The van der Waals surface area contributed by atoms with Gasteiger partial charge in [-0.1, -0.05) is 20.8 Å². The molecule has 1 amide bonds. The van der Waals surface area contributed by atoms with Crippen LogP contribution in [0.2, 0.25) is 0 Å². The van der Waals surface area contributed by atoms with E-state index in [0.29, 0.717) is 0 Å². The van der Waals surface area contributed by atoms with Gasteiger partial charge < -0.3 is 10.6 Å². The minimum absolute atomic E-state index is 0.0132. The number of amides is 1. The number of hydrogen-bond acceptors (Lipinski definition) is 2. The Balaban J connectivity index is 3.72. The normalized spacial score (nSPS) is 11.4. The van der Waals surface area contributed by atoms with Gasteiger partial charge in [0.05, 0.1) is 6.54 Å². The van der Waals surface area contributed by atoms with E-state index < -0.39 is 0 Å². The first-order chi connectivity index (χ1) is 5.37. The number of nitrogens with zero attached hydrogens (tertiary/aromatic N) is 1. The Morgan fingerprint density at radius 3 is 2.25 bits per heavy atom. The van der Waals surface area contributed by atoms with Crippen molar-refractivity contribution < 1.29 is 4.79 Å². The minimum atomic E-state index is 0.0132. The average Bonchev–Trinajstić information content (AvgIpc) is 1.97. The molecular formula is C9H20N2O. The molecule has 0 atom stereocenters. The van der Waals surface area contributed by atoms with Crippen molar-refractivity contribution in [3.63, 3.8) is 0 Å². The fourth-order valence-electron chi connectivity index (χ4n) is 0.784. The zero-order valence-electron chi connectivity index (χ0n) is 8.55. The fourth-order valence-corrected chi connectivity index (χ4v) is 0.784. The van der Waals surface area contributed by atoms with Crippen LogP contribution >= 0.6 is 0 Å². The summed E-state index contributed by atoms with van der Waals surface area (Å²) in [4.78, 5) is 12.7. The molecule has 0 bridgehead atoms. The molecular weight excluding hydrogens is 152 g/mol. The highest BCUT2D eigenvalue weighted by molar-refractivity contribution is 5.77. The summed E-state index contributed by atoms with van der Waals surface area (Å²) < 4.78 is 0. The topological polar surface area (TPSA) is 46.3 Å². The lowest BCUT2D eigenvalue weighted by molar-refractivity contribution is -0.128. The van der Waals surface area contributed by atoms with Crippen LogP contribution in [-0.2, 0) is 4.79 Å². The second kappa shape index (κ2) is 4.45. The standard InChI is InChI=1S/C9H20N2O/c1-9(2,3)5-6-11(4)8(12)7-10/h5-7,10H2,1-4H3. The van der Waals surface area contributed by atoms with Crippen molar-refractivity contribution in [3.8, 4) is 0 Å². The third-order valence-corrected chi connectivity index (χ3v) is 1.80. The maximum absolute atomic E-state index is 11.0. The molecule has 0 spiro atoms. The molecule has 3 heteroatoms. The van der Waals surface area contributed by atoms with Crippen LogP contribution in [0.25, 0.3) is 0 Å². The van der Waals surface area contributed by atoms with Gasteiger partial charge in [-0.2, -0.15) is 0 Å². The summed E-state index contributed by atoms with van der Waals surface area (Å²) in [6.45, 7) is 7.38. The second-order valence-corrected chi connectivity index (χ2v) is 4.33. The molecule has 3 nitrogen and oxygen atoms in total. The number of rotatable bonds is 3. The second-order valence-electron chi connectivity index (χ2n) is 4.33. The minimum Gasteiger partial charge on any atom is -0.345 e. The molecule has 0 heterocycles. The van der Waals surface area contributed by atoms with Crippen molar-refractivity contribution in [1.82, 2.24) is 4.90 Å². The molecule has 0 aliphatic carbocycles. The Bertz CT molecular complexity index is 149. The van der Waals surface area contributed by atoms with Crippen molar-refractivity contribution in [3.05, 3.63) is 0 Å². The predicted molar refractivity (Wildman–Crippen MR) is 50.8 cm³/mol. The van der Waals surface area contributed by atoms with Crippen LogP contribution in [0.5, 0.6) is 0 Å². The smallest absolute Gasteiger partial charge is 0.236 e. The van der Waals surface area contributed by atoms with Crippen LogP contribution in [0.15, 0.2) is 0 Å². The molecule has 0 aromatic rings. The van der Waals surface area contributed by atoms with Gasteiger partial charge in [-0.15, -0.1) is 0 Å². The predicted octanol–water partition coefficient (Wildman–Crippen LogP) is 0.840. The Labute approximate surface area is 74.9 Å². The molecule has 0 rings (SSSR count). The molecule has 12 heavy (non-hydrogen) atoms. The molecule has 0 saturated carbocycles. The lowest BCUT2D eigenvalue weighted by atomic mass is 9.92. The zero-order chi connectivity index (χ0) is 9.78.